The molecule has 0 saturated carbocycles. The molecule has 0 aliphatic carbocycles. The van der Waals surface area contributed by atoms with E-state index >= 15 is 0 Å². The van der Waals surface area contributed by atoms with E-state index in [9.17, 15) is 0 Å². The minimum Gasteiger partial charge on any atom is -2.00 e. The van der Waals surface area contributed by atoms with E-state index in [1.165, 1.54) is 0 Å². The average Bonchev–Trinajstić information content (AvgIpc) is 0. The van der Waals surface area contributed by atoms with Gasteiger partial charge in [-0.05, 0) is 0 Å². The molecule has 40 valence electrons. The van der Waals surface area contributed by atoms with Gasteiger partial charge in [0.1, 0.15) is 0 Å². The van der Waals surface area contributed by atoms with E-state index in [2.05, 4.69) is 0 Å². The molecule has 0 bridgehead atoms. The summed E-state index contributed by atoms with van der Waals surface area (Å²) in [6.45, 7) is 0. The standard InChI is InChI=1S/5O.Si.Sn.Zn/q5*-2;2*+4;+2. The third-order valence-electron chi connectivity index (χ3n) is 0. The second-order valence-electron chi connectivity index (χ2n) is 0. The zero-order chi connectivity index (χ0) is 0. The van der Waals surface area contributed by atoms with Gasteiger partial charge in [0.25, 0.3) is 0 Å². The first-order valence-corrected chi connectivity index (χ1v) is 0. The van der Waals surface area contributed by atoms with Crippen LogP contribution in [0.1, 0.15) is 0 Å². The molecule has 0 atom stereocenters. The smallest absolute Gasteiger partial charge is 2.00 e. The van der Waals surface area contributed by atoms with Crippen LogP contribution in [0, 0.1) is 0 Å². The second kappa shape index (κ2) is 226. The Morgan fingerprint density at radius 3 is 0.500 bits per heavy atom. The molecule has 0 aromatic heterocycles. The number of hydrogen-bond donors (Lipinski definition) is 0. The van der Waals surface area contributed by atoms with Gasteiger partial charge in [-0.1, -0.05) is 0 Å². The maximum atomic E-state index is 0. The third-order valence-corrected chi connectivity index (χ3v) is 0. The zero-order valence-corrected chi connectivity index (χ0v) is 10.6. The Morgan fingerprint density at radius 1 is 0.500 bits per heavy atom. The number of rotatable bonds is 0. The minimum atomic E-state index is 0. The van der Waals surface area contributed by atoms with E-state index in [0.717, 1.165) is 0 Å². The largest absolute Gasteiger partial charge is 4.00 e. The predicted octanol–water partition coefficient (Wildman–Crippen LogP) is -1.36. The molecule has 0 heterocycles. The van der Waals surface area contributed by atoms with Crippen molar-refractivity contribution in [3.63, 3.8) is 0 Å². The molecular formula is O5SiSnZn. The molecule has 0 aromatic rings. The molecule has 5 nitrogen and oxygen atoms in total. The van der Waals surface area contributed by atoms with Gasteiger partial charge in [-0.15, -0.1) is 0 Å². The second-order valence-corrected chi connectivity index (χ2v) is 0. The molecule has 0 aliphatic rings. The molecule has 0 unspecified atom stereocenters. The molecule has 0 N–H and O–H groups in total. The van der Waals surface area contributed by atoms with Crippen molar-refractivity contribution in [2.24, 2.45) is 0 Å². The van der Waals surface area contributed by atoms with Gasteiger partial charge < -0.3 is 27.4 Å². The molecule has 0 saturated heterocycles. The summed E-state index contributed by atoms with van der Waals surface area (Å²) in [5, 5.41) is 0. The van der Waals surface area contributed by atoms with Crippen LogP contribution in [-0.4, -0.2) is 34.9 Å². The number of hydrogen-bond acceptors (Lipinski definition) is 0. The molecule has 0 fully saturated rings. The Morgan fingerprint density at radius 2 is 0.500 bits per heavy atom. The minimum absolute atomic E-state index is 0. The maximum Gasteiger partial charge on any atom is 4.00 e. The molecule has 0 aromatic carbocycles. The van der Waals surface area contributed by atoms with E-state index in [1.54, 1.807) is 0 Å². The van der Waals surface area contributed by atoms with E-state index < -0.39 is 0 Å². The van der Waals surface area contributed by atoms with Gasteiger partial charge in [0.15, 0.2) is 0 Å². The molecule has 8 heteroatoms. The fourth-order valence-electron chi connectivity index (χ4n) is 0. The molecule has 0 spiro atoms. The van der Waals surface area contributed by atoms with E-state index in [-0.39, 0.29) is 81.7 Å². The van der Waals surface area contributed by atoms with E-state index in [1.807, 2.05) is 0 Å². The maximum absolute atomic E-state index is 0. The Balaban J connectivity index is 0. The van der Waals surface area contributed by atoms with Crippen LogP contribution in [0.15, 0.2) is 0 Å². The van der Waals surface area contributed by atoms with Crippen LogP contribution in [0.25, 0.3) is 0 Å². The summed E-state index contributed by atoms with van der Waals surface area (Å²) in [6, 6.07) is 0. The van der Waals surface area contributed by atoms with Gasteiger partial charge in [-0.2, -0.15) is 0 Å². The summed E-state index contributed by atoms with van der Waals surface area (Å²) >= 11 is 0. The Kier molecular flexibility index (Phi) is 9150. The summed E-state index contributed by atoms with van der Waals surface area (Å²) in [5.74, 6) is 0. The Hall–Kier alpha value is 1.44. The van der Waals surface area contributed by atoms with Crippen LogP contribution in [0.2, 0.25) is 0 Å². The quantitative estimate of drug-likeness (QED) is 0.486. The van der Waals surface area contributed by atoms with Crippen LogP contribution in [0.4, 0.5) is 0 Å². The predicted molar refractivity (Wildman–Crippen MR) is 14.9 cm³/mol. The zero-order valence-electron chi connectivity index (χ0n) is 3.75. The fraction of sp³-hybridized carbons (Fsp3) is 0. The first-order valence-electron chi connectivity index (χ1n) is 0. The van der Waals surface area contributed by atoms with Crippen LogP contribution in [0.5, 0.6) is 0 Å². The third kappa shape index (κ3) is 149. The van der Waals surface area contributed by atoms with Gasteiger partial charge in [-0.25, -0.2) is 0 Å². The SMILES string of the molecule is [O-2].[O-2].[O-2].[O-2].[O-2].[Si+4].[Sn+4].[Zn+2]. The van der Waals surface area contributed by atoms with Crippen molar-refractivity contribution < 1.29 is 46.9 Å². The summed E-state index contributed by atoms with van der Waals surface area (Å²) in [4.78, 5) is 0. The molecule has 0 amide bonds. The van der Waals surface area contributed by atoms with Crippen molar-refractivity contribution in [3.05, 3.63) is 0 Å². The molecule has 0 radical (unpaired) electrons. The van der Waals surface area contributed by atoms with Gasteiger partial charge in [-0.3, -0.25) is 0 Å². The molecule has 0 aliphatic heterocycles. The average molecular weight is 292 g/mol. The van der Waals surface area contributed by atoms with Crippen molar-refractivity contribution in [3.8, 4) is 0 Å². The van der Waals surface area contributed by atoms with Gasteiger partial charge in [0, 0.05) is 0 Å². The van der Waals surface area contributed by atoms with Gasteiger partial charge in [0.2, 0.25) is 0 Å². The monoisotopic (exact) mass is 292 g/mol. The molecule has 0 rings (SSSR count). The van der Waals surface area contributed by atoms with Crippen LogP contribution in [-0.2, 0) is 46.9 Å². The van der Waals surface area contributed by atoms with Crippen molar-refractivity contribution in [2.45, 2.75) is 0 Å². The normalized spacial score (nSPS) is 0. The fourth-order valence-corrected chi connectivity index (χ4v) is 0. The van der Waals surface area contributed by atoms with E-state index in [0.29, 0.717) is 0 Å². The summed E-state index contributed by atoms with van der Waals surface area (Å²) in [5.41, 5.74) is 0. The van der Waals surface area contributed by atoms with Crippen molar-refractivity contribution in [1.82, 2.24) is 0 Å². The summed E-state index contributed by atoms with van der Waals surface area (Å²) in [6.07, 6.45) is 0. The Bertz CT molecular complexity index is 12.4. The first kappa shape index (κ1) is 325. The molecular weight excluding hydrogens is 292 g/mol. The Labute approximate surface area is 81.5 Å². The van der Waals surface area contributed by atoms with Crippen molar-refractivity contribution >= 4 is 34.9 Å². The first-order chi connectivity index (χ1) is 0. The van der Waals surface area contributed by atoms with Crippen molar-refractivity contribution in [2.75, 3.05) is 0 Å². The van der Waals surface area contributed by atoms with Gasteiger partial charge >= 0.3 is 54.4 Å². The van der Waals surface area contributed by atoms with Gasteiger partial charge in [0.05, 0.1) is 0 Å². The summed E-state index contributed by atoms with van der Waals surface area (Å²) < 4.78 is 0. The topological polar surface area (TPSA) is 142 Å². The summed E-state index contributed by atoms with van der Waals surface area (Å²) in [7, 11) is 0. The van der Waals surface area contributed by atoms with Crippen molar-refractivity contribution in [1.29, 1.82) is 0 Å². The van der Waals surface area contributed by atoms with E-state index in [4.69, 9.17) is 0 Å². The van der Waals surface area contributed by atoms with Crippen LogP contribution < -0.4 is 0 Å². The van der Waals surface area contributed by atoms with Crippen LogP contribution >= 0.6 is 0 Å². The van der Waals surface area contributed by atoms with Crippen LogP contribution in [0.3, 0.4) is 0 Å². The molecule has 8 heavy (non-hydrogen) atoms.